The number of hydrogen-bond donors (Lipinski definition) is 0. The van der Waals surface area contributed by atoms with Crippen LogP contribution in [0.25, 0.3) is 0 Å². The first-order valence-electron chi connectivity index (χ1n) is 5.00. The van der Waals surface area contributed by atoms with Crippen molar-refractivity contribution >= 4 is 0 Å². The average Bonchev–Trinajstić information content (AvgIpc) is 2.36. The molecule has 15 heavy (non-hydrogen) atoms. The van der Waals surface area contributed by atoms with E-state index < -0.39 is 5.97 Å². The predicted molar refractivity (Wildman–Crippen MR) is 60.5 cm³/mol. The molecule has 0 heterocycles. The molecule has 0 amide bonds. The van der Waals surface area contributed by atoms with Crippen molar-refractivity contribution in [3.8, 4) is 0 Å². The molecule has 0 radical (unpaired) electrons. The average molecular weight is 212 g/mol. The van der Waals surface area contributed by atoms with Gasteiger partial charge in [-0.2, -0.15) is 0 Å². The van der Waals surface area contributed by atoms with Crippen LogP contribution in [0.1, 0.15) is 19.4 Å². The second-order valence-electron chi connectivity index (χ2n) is 2.53. The van der Waals surface area contributed by atoms with Gasteiger partial charge in [0.1, 0.15) is 0 Å². The molecule has 0 aliphatic heterocycles. The zero-order valence-corrected chi connectivity index (χ0v) is 10.1. The first-order chi connectivity index (χ1) is 7.29. The summed E-state index contributed by atoms with van der Waals surface area (Å²) in [6.07, 6.45) is 0. The Bertz CT molecular complexity index is 234. The fourth-order valence-corrected chi connectivity index (χ4v) is 1.25. The van der Waals surface area contributed by atoms with E-state index in [1.165, 1.54) is 0 Å². The van der Waals surface area contributed by atoms with Gasteiger partial charge in [-0.15, -0.1) is 0 Å². The van der Waals surface area contributed by atoms with Gasteiger partial charge in [-0.1, -0.05) is 44.2 Å². The Labute approximate surface area is 92.0 Å². The van der Waals surface area contributed by atoms with E-state index in [2.05, 4.69) is 0 Å². The van der Waals surface area contributed by atoms with Crippen LogP contribution in [0.5, 0.6) is 0 Å². The van der Waals surface area contributed by atoms with Gasteiger partial charge in [0, 0.05) is 26.9 Å². The second-order valence-corrected chi connectivity index (χ2v) is 2.53. The highest BCUT2D eigenvalue weighted by Gasteiger charge is 2.31. The maximum atomic E-state index is 5.18. The topological polar surface area (TPSA) is 27.7 Å². The molecule has 0 fully saturated rings. The zero-order chi connectivity index (χ0) is 11.7. The minimum absolute atomic E-state index is 0.836. The highest BCUT2D eigenvalue weighted by Crippen LogP contribution is 2.25. The molecule has 0 atom stereocenters. The van der Waals surface area contributed by atoms with E-state index in [0.717, 1.165) is 5.56 Å². The molecular formula is C12H20O3. The van der Waals surface area contributed by atoms with Crippen LogP contribution >= 0.6 is 0 Å². The fourth-order valence-electron chi connectivity index (χ4n) is 1.25. The highest BCUT2D eigenvalue weighted by atomic mass is 16.9. The van der Waals surface area contributed by atoms with Crippen molar-refractivity contribution in [2.75, 3.05) is 21.3 Å². The quantitative estimate of drug-likeness (QED) is 0.718. The lowest BCUT2D eigenvalue weighted by atomic mass is 10.2. The molecule has 0 aromatic heterocycles. The first-order valence-corrected chi connectivity index (χ1v) is 5.00. The Kier molecular flexibility index (Phi) is 6.96. The van der Waals surface area contributed by atoms with Gasteiger partial charge in [0.2, 0.25) is 0 Å². The summed E-state index contributed by atoms with van der Waals surface area (Å²) in [6.45, 7) is 4.00. The number of benzene rings is 1. The van der Waals surface area contributed by atoms with Gasteiger partial charge in [-0.25, -0.2) is 0 Å². The number of hydrogen-bond acceptors (Lipinski definition) is 3. The minimum atomic E-state index is -1.08. The predicted octanol–water partition coefficient (Wildman–Crippen LogP) is 2.76. The maximum Gasteiger partial charge on any atom is 0.311 e. The Morgan fingerprint density at radius 2 is 1.20 bits per heavy atom. The smallest absolute Gasteiger partial charge is 0.311 e. The van der Waals surface area contributed by atoms with Crippen molar-refractivity contribution in [3.05, 3.63) is 35.9 Å². The molecular weight excluding hydrogens is 192 g/mol. The molecule has 3 heteroatoms. The molecule has 1 rings (SSSR count). The van der Waals surface area contributed by atoms with E-state index in [0.29, 0.717) is 0 Å². The van der Waals surface area contributed by atoms with Crippen molar-refractivity contribution in [2.45, 2.75) is 19.8 Å². The van der Waals surface area contributed by atoms with Gasteiger partial charge in [-0.05, 0) is 0 Å². The third-order valence-corrected chi connectivity index (χ3v) is 1.93. The highest BCUT2D eigenvalue weighted by molar-refractivity contribution is 5.18. The zero-order valence-electron chi connectivity index (χ0n) is 10.1. The summed E-state index contributed by atoms with van der Waals surface area (Å²) >= 11 is 0. The van der Waals surface area contributed by atoms with Crippen LogP contribution in [0.15, 0.2) is 30.3 Å². The molecule has 86 valence electrons. The van der Waals surface area contributed by atoms with Gasteiger partial charge >= 0.3 is 5.97 Å². The summed E-state index contributed by atoms with van der Waals surface area (Å²) in [7, 11) is 4.62. The van der Waals surface area contributed by atoms with E-state index >= 15 is 0 Å². The minimum Gasteiger partial charge on any atom is -0.327 e. The first kappa shape index (κ1) is 14.1. The molecule has 0 N–H and O–H groups in total. The monoisotopic (exact) mass is 212 g/mol. The molecule has 3 nitrogen and oxygen atoms in total. The van der Waals surface area contributed by atoms with Crippen LogP contribution in [0.3, 0.4) is 0 Å². The van der Waals surface area contributed by atoms with E-state index in [1.807, 2.05) is 44.2 Å². The molecule has 0 unspecified atom stereocenters. The van der Waals surface area contributed by atoms with Gasteiger partial charge in [0.25, 0.3) is 0 Å². The van der Waals surface area contributed by atoms with Crippen molar-refractivity contribution in [1.29, 1.82) is 0 Å². The summed E-state index contributed by atoms with van der Waals surface area (Å²) < 4.78 is 15.5. The summed E-state index contributed by atoms with van der Waals surface area (Å²) in [5.74, 6) is -1.08. The van der Waals surface area contributed by atoms with Crippen LogP contribution in [0.2, 0.25) is 0 Å². The molecule has 0 saturated heterocycles. The summed E-state index contributed by atoms with van der Waals surface area (Å²) in [5.41, 5.74) is 0.836. The molecule has 0 aliphatic carbocycles. The molecule has 0 aliphatic rings. The van der Waals surface area contributed by atoms with Crippen molar-refractivity contribution in [3.63, 3.8) is 0 Å². The molecule has 0 spiro atoms. The van der Waals surface area contributed by atoms with E-state index in [9.17, 15) is 0 Å². The Morgan fingerprint density at radius 3 is 1.53 bits per heavy atom. The summed E-state index contributed by atoms with van der Waals surface area (Å²) in [4.78, 5) is 0. The molecule has 1 aromatic rings. The van der Waals surface area contributed by atoms with E-state index in [4.69, 9.17) is 14.2 Å². The largest absolute Gasteiger partial charge is 0.327 e. The Hall–Kier alpha value is -0.900. The van der Waals surface area contributed by atoms with E-state index in [-0.39, 0.29) is 0 Å². The Balaban J connectivity index is 0.000000921. The van der Waals surface area contributed by atoms with Crippen molar-refractivity contribution < 1.29 is 14.2 Å². The molecule has 0 bridgehead atoms. The van der Waals surface area contributed by atoms with Crippen LogP contribution < -0.4 is 0 Å². The maximum absolute atomic E-state index is 5.18. The van der Waals surface area contributed by atoms with Gasteiger partial charge < -0.3 is 14.2 Å². The van der Waals surface area contributed by atoms with Gasteiger partial charge in [0.05, 0.1) is 0 Å². The van der Waals surface area contributed by atoms with E-state index in [1.54, 1.807) is 21.3 Å². The van der Waals surface area contributed by atoms with Crippen LogP contribution in [0.4, 0.5) is 0 Å². The lowest BCUT2D eigenvalue weighted by Crippen LogP contribution is -2.32. The SMILES string of the molecule is CC.COC(OC)(OC)c1ccccc1. The number of rotatable bonds is 4. The van der Waals surface area contributed by atoms with Crippen LogP contribution in [-0.2, 0) is 20.2 Å². The molecule has 0 saturated carbocycles. The number of methoxy groups -OCH3 is 3. The summed E-state index contributed by atoms with van der Waals surface area (Å²) in [6, 6.07) is 9.50. The third-order valence-electron chi connectivity index (χ3n) is 1.93. The van der Waals surface area contributed by atoms with Crippen LogP contribution in [-0.4, -0.2) is 21.3 Å². The van der Waals surface area contributed by atoms with Crippen molar-refractivity contribution in [2.24, 2.45) is 0 Å². The third kappa shape index (κ3) is 3.30. The lowest BCUT2D eigenvalue weighted by Gasteiger charge is -2.28. The summed E-state index contributed by atoms with van der Waals surface area (Å²) in [5, 5.41) is 0. The Morgan fingerprint density at radius 1 is 0.800 bits per heavy atom. The number of ether oxygens (including phenoxy) is 3. The van der Waals surface area contributed by atoms with Crippen LogP contribution in [0, 0.1) is 0 Å². The van der Waals surface area contributed by atoms with Gasteiger partial charge in [0.15, 0.2) is 0 Å². The van der Waals surface area contributed by atoms with Gasteiger partial charge in [-0.3, -0.25) is 0 Å². The molecule has 1 aromatic carbocycles. The normalized spacial score (nSPS) is 10.5. The lowest BCUT2D eigenvalue weighted by molar-refractivity contribution is -0.364. The van der Waals surface area contributed by atoms with Crippen molar-refractivity contribution in [1.82, 2.24) is 0 Å². The second kappa shape index (κ2) is 7.40. The standard InChI is InChI=1S/C10H14O3.C2H6/c1-11-10(12-2,13-3)9-7-5-4-6-8-9;1-2/h4-8H,1-3H3;1-2H3. The fraction of sp³-hybridized carbons (Fsp3) is 0.500.